The summed E-state index contributed by atoms with van der Waals surface area (Å²) in [6.45, 7) is 5.79. The molecule has 25 heavy (non-hydrogen) atoms. The minimum absolute atomic E-state index is 0.210. The maximum absolute atomic E-state index is 6.28. The molecule has 0 amide bonds. The predicted molar refractivity (Wildman–Crippen MR) is 108 cm³/mol. The minimum atomic E-state index is -0.210. The monoisotopic (exact) mass is 326 g/mol. The Balaban J connectivity index is 1.85. The van der Waals surface area contributed by atoms with Crippen molar-refractivity contribution < 1.29 is 0 Å². The Morgan fingerprint density at radius 1 is 0.880 bits per heavy atom. The molecule has 0 fully saturated rings. The molecule has 3 rings (SSSR count). The van der Waals surface area contributed by atoms with Crippen molar-refractivity contribution in [3.63, 3.8) is 0 Å². The molecule has 0 aliphatic carbocycles. The summed E-state index contributed by atoms with van der Waals surface area (Å²) in [4.78, 5) is 4.17. The Bertz CT molecular complexity index is 860. The molecule has 0 aliphatic heterocycles. The number of rotatable bonds is 5. The van der Waals surface area contributed by atoms with Crippen LogP contribution in [0.3, 0.4) is 0 Å². The van der Waals surface area contributed by atoms with E-state index in [-0.39, 0.29) is 6.04 Å². The molecule has 124 valence electrons. The molecule has 2 heteroatoms. The number of hydrogen-bond donors (Lipinski definition) is 1. The summed E-state index contributed by atoms with van der Waals surface area (Å²) >= 11 is 0. The third-order valence-electron chi connectivity index (χ3n) is 4.26. The van der Waals surface area contributed by atoms with Gasteiger partial charge >= 0.3 is 0 Å². The highest BCUT2D eigenvalue weighted by Gasteiger charge is 2.06. The van der Waals surface area contributed by atoms with E-state index in [2.05, 4.69) is 67.2 Å². The van der Waals surface area contributed by atoms with Crippen molar-refractivity contribution in [3.05, 3.63) is 102 Å². The molecule has 1 unspecified atom stereocenters. The van der Waals surface area contributed by atoms with Crippen molar-refractivity contribution in [2.75, 3.05) is 0 Å². The van der Waals surface area contributed by atoms with Crippen molar-refractivity contribution in [1.29, 1.82) is 0 Å². The van der Waals surface area contributed by atoms with Crippen molar-refractivity contribution in [3.8, 4) is 11.1 Å². The fraction of sp³-hybridized carbons (Fsp3) is 0.0870. The van der Waals surface area contributed by atoms with Gasteiger partial charge in [-0.1, -0.05) is 84.4 Å². The fourth-order valence-corrected chi connectivity index (χ4v) is 2.76. The zero-order chi connectivity index (χ0) is 17.6. The highest BCUT2D eigenvalue weighted by Crippen LogP contribution is 2.25. The van der Waals surface area contributed by atoms with Gasteiger partial charge < -0.3 is 5.73 Å². The quantitative estimate of drug-likeness (QED) is 0.626. The molecule has 0 aromatic heterocycles. The zero-order valence-electron chi connectivity index (χ0n) is 14.4. The fourth-order valence-electron chi connectivity index (χ4n) is 2.76. The van der Waals surface area contributed by atoms with Crippen LogP contribution in [-0.2, 0) is 0 Å². The van der Waals surface area contributed by atoms with Gasteiger partial charge in [0.05, 0.1) is 11.7 Å². The van der Waals surface area contributed by atoms with Crippen LogP contribution in [-0.4, -0.2) is 6.72 Å². The molecule has 0 radical (unpaired) electrons. The first-order valence-corrected chi connectivity index (χ1v) is 8.34. The highest BCUT2D eigenvalue weighted by molar-refractivity contribution is 5.72. The molecule has 0 saturated heterocycles. The molecular formula is C23H22N2. The van der Waals surface area contributed by atoms with E-state index in [0.717, 1.165) is 16.8 Å². The van der Waals surface area contributed by atoms with Gasteiger partial charge in [-0.2, -0.15) is 0 Å². The van der Waals surface area contributed by atoms with Gasteiger partial charge in [0.15, 0.2) is 0 Å². The summed E-state index contributed by atoms with van der Waals surface area (Å²) in [6, 6.07) is 26.6. The molecule has 3 aromatic carbocycles. The topological polar surface area (TPSA) is 38.4 Å². The molecule has 0 spiro atoms. The Labute approximate surface area is 149 Å². The number of benzene rings is 3. The molecule has 0 aliphatic rings. The van der Waals surface area contributed by atoms with Crippen LogP contribution in [0.1, 0.15) is 22.7 Å². The van der Waals surface area contributed by atoms with E-state index in [9.17, 15) is 0 Å². The maximum Gasteiger partial charge on any atom is 0.0673 e. The van der Waals surface area contributed by atoms with E-state index in [0.29, 0.717) is 0 Å². The van der Waals surface area contributed by atoms with Crippen LogP contribution in [0.5, 0.6) is 0 Å². The second-order valence-electron chi connectivity index (χ2n) is 6.09. The van der Waals surface area contributed by atoms with Crippen LogP contribution in [0.2, 0.25) is 0 Å². The van der Waals surface area contributed by atoms with Gasteiger partial charge in [-0.25, -0.2) is 0 Å². The summed E-state index contributed by atoms with van der Waals surface area (Å²) in [5.74, 6) is 0. The number of aliphatic imine (C=N–C) groups is 1. The van der Waals surface area contributed by atoms with Gasteiger partial charge in [-0.05, 0) is 42.0 Å². The van der Waals surface area contributed by atoms with E-state index >= 15 is 0 Å². The summed E-state index contributed by atoms with van der Waals surface area (Å²) in [6.07, 6.45) is 1.95. The van der Waals surface area contributed by atoms with Crippen LogP contribution in [0.25, 0.3) is 16.8 Å². The van der Waals surface area contributed by atoms with Gasteiger partial charge in [-0.3, -0.25) is 4.99 Å². The lowest BCUT2D eigenvalue weighted by atomic mass is 10.0. The normalized spacial score (nSPS) is 12.6. The van der Waals surface area contributed by atoms with Gasteiger partial charge in [0.25, 0.3) is 0 Å². The summed E-state index contributed by atoms with van der Waals surface area (Å²) in [5.41, 5.74) is 12.8. The third-order valence-corrected chi connectivity index (χ3v) is 4.26. The van der Waals surface area contributed by atoms with Crippen molar-refractivity contribution in [2.45, 2.75) is 13.0 Å². The Kier molecular flexibility index (Phi) is 5.22. The van der Waals surface area contributed by atoms with Crippen LogP contribution >= 0.6 is 0 Å². The van der Waals surface area contributed by atoms with E-state index in [1.165, 1.54) is 16.7 Å². The molecule has 3 aromatic rings. The van der Waals surface area contributed by atoms with E-state index in [1.807, 2.05) is 36.4 Å². The molecular weight excluding hydrogens is 304 g/mol. The minimum Gasteiger partial charge on any atom is -0.321 e. The lowest BCUT2D eigenvalue weighted by Crippen LogP contribution is -2.07. The van der Waals surface area contributed by atoms with Crippen molar-refractivity contribution in [2.24, 2.45) is 10.7 Å². The zero-order valence-corrected chi connectivity index (χ0v) is 14.4. The molecule has 0 bridgehead atoms. The van der Waals surface area contributed by atoms with Crippen molar-refractivity contribution in [1.82, 2.24) is 0 Å². The van der Waals surface area contributed by atoms with Crippen LogP contribution in [0.15, 0.2) is 89.9 Å². The molecule has 2 nitrogen and oxygen atoms in total. The van der Waals surface area contributed by atoms with Crippen LogP contribution < -0.4 is 5.73 Å². The van der Waals surface area contributed by atoms with Gasteiger partial charge in [0, 0.05) is 0 Å². The molecule has 1 atom stereocenters. The third kappa shape index (κ3) is 4.11. The van der Waals surface area contributed by atoms with Gasteiger partial charge in [0.1, 0.15) is 0 Å². The Morgan fingerprint density at radius 2 is 1.44 bits per heavy atom. The maximum atomic E-state index is 6.28. The average molecular weight is 326 g/mol. The lowest BCUT2D eigenvalue weighted by Gasteiger charge is -2.10. The predicted octanol–water partition coefficient (Wildman–Crippen LogP) is 5.40. The van der Waals surface area contributed by atoms with E-state index < -0.39 is 0 Å². The molecule has 0 heterocycles. The summed E-state index contributed by atoms with van der Waals surface area (Å²) in [5, 5.41) is 0. The molecule has 0 saturated carbocycles. The van der Waals surface area contributed by atoms with Crippen LogP contribution in [0, 0.1) is 6.92 Å². The standard InChI is InChI=1S/C23H22N2/c1-17-8-10-18(11-9-17)19-12-14-21(15-13-19)23(25-2)16-22(24)20-6-4-3-5-7-20/h3-16,22H,2,24H2,1H3/b23-16-. The first-order chi connectivity index (χ1) is 12.2. The average Bonchev–Trinajstić information content (AvgIpc) is 2.67. The smallest absolute Gasteiger partial charge is 0.0673 e. The Hall–Kier alpha value is -2.97. The highest BCUT2D eigenvalue weighted by atomic mass is 14.7. The van der Waals surface area contributed by atoms with Crippen LogP contribution in [0.4, 0.5) is 0 Å². The second kappa shape index (κ2) is 7.73. The van der Waals surface area contributed by atoms with Gasteiger partial charge in [-0.15, -0.1) is 0 Å². The first-order valence-electron chi connectivity index (χ1n) is 8.34. The summed E-state index contributed by atoms with van der Waals surface area (Å²) in [7, 11) is 0. The number of hydrogen-bond acceptors (Lipinski definition) is 2. The van der Waals surface area contributed by atoms with E-state index in [1.54, 1.807) is 0 Å². The second-order valence-corrected chi connectivity index (χ2v) is 6.09. The SMILES string of the molecule is C=N/C(=C\C(N)c1ccccc1)c1ccc(-c2ccc(C)cc2)cc1. The van der Waals surface area contributed by atoms with Crippen molar-refractivity contribution >= 4 is 12.4 Å². The Morgan fingerprint density at radius 3 is 2.00 bits per heavy atom. The summed E-state index contributed by atoms with van der Waals surface area (Å²) < 4.78 is 0. The number of nitrogens with zero attached hydrogens (tertiary/aromatic N) is 1. The number of aryl methyl sites for hydroxylation is 1. The lowest BCUT2D eigenvalue weighted by molar-refractivity contribution is 0.911. The largest absolute Gasteiger partial charge is 0.321 e. The first kappa shape index (κ1) is 16.9. The molecule has 2 N–H and O–H groups in total. The van der Waals surface area contributed by atoms with Gasteiger partial charge in [0.2, 0.25) is 0 Å². The number of nitrogens with two attached hydrogens (primary N) is 1. The van der Waals surface area contributed by atoms with E-state index in [4.69, 9.17) is 5.73 Å².